The van der Waals surface area contributed by atoms with E-state index in [9.17, 15) is 9.59 Å². The Bertz CT molecular complexity index is 1310. The second-order valence-corrected chi connectivity index (χ2v) is 9.68. The molecule has 3 aromatic heterocycles. The van der Waals surface area contributed by atoms with Gasteiger partial charge >= 0.3 is 0 Å². The van der Waals surface area contributed by atoms with E-state index in [0.29, 0.717) is 17.3 Å². The van der Waals surface area contributed by atoms with Crippen molar-refractivity contribution < 1.29 is 4.79 Å². The molecule has 0 fully saturated rings. The molecule has 5 rings (SSSR count). The van der Waals surface area contributed by atoms with Gasteiger partial charge in [0.15, 0.2) is 0 Å². The minimum absolute atomic E-state index is 0.114. The maximum Gasteiger partial charge on any atom is 0.263 e. The minimum atomic E-state index is -0.246. The fourth-order valence-corrected chi connectivity index (χ4v) is 5.39. The van der Waals surface area contributed by atoms with E-state index in [4.69, 9.17) is 0 Å². The number of fused-ring (bicyclic) bond motifs is 1. The number of nitrogens with zero attached hydrogens (tertiary/aromatic N) is 4. The lowest BCUT2D eigenvalue weighted by atomic mass is 10.1. The summed E-state index contributed by atoms with van der Waals surface area (Å²) in [6.45, 7) is -0.114. The number of hydrogen-bond acceptors (Lipinski definition) is 6. The molecule has 1 aliphatic rings. The van der Waals surface area contributed by atoms with E-state index < -0.39 is 0 Å². The van der Waals surface area contributed by atoms with E-state index in [2.05, 4.69) is 26.0 Å². The van der Waals surface area contributed by atoms with Gasteiger partial charge in [0.25, 0.3) is 11.5 Å². The Balaban J connectivity index is 1.48. The van der Waals surface area contributed by atoms with Crippen LogP contribution in [0, 0.1) is 0 Å². The Morgan fingerprint density at radius 1 is 1.17 bits per heavy atom. The van der Waals surface area contributed by atoms with E-state index in [1.165, 1.54) is 15.9 Å². The standard InChI is InChI=1S/C21H15BrN4O2S2/c22-13-5-6-15-14(9-13)21(28)25(12-23-15)11-20(27)26-17(19-4-2-8-30-19)10-16(24-26)18-3-1-7-29-18/h1-9,12,17H,10-11H2/t17-/m1/s1. The van der Waals surface area contributed by atoms with Crippen molar-refractivity contribution in [2.75, 3.05) is 0 Å². The molecule has 0 bridgehead atoms. The highest BCUT2D eigenvalue weighted by Crippen LogP contribution is 2.36. The summed E-state index contributed by atoms with van der Waals surface area (Å²) in [6.07, 6.45) is 2.08. The van der Waals surface area contributed by atoms with Gasteiger partial charge < -0.3 is 0 Å². The van der Waals surface area contributed by atoms with Gasteiger partial charge in [-0.15, -0.1) is 22.7 Å². The third-order valence-corrected chi connectivity index (χ3v) is 7.32. The Morgan fingerprint density at radius 3 is 2.77 bits per heavy atom. The molecule has 30 heavy (non-hydrogen) atoms. The van der Waals surface area contributed by atoms with E-state index in [1.807, 2.05) is 41.1 Å². The molecule has 1 aliphatic heterocycles. The van der Waals surface area contributed by atoms with Gasteiger partial charge in [-0.3, -0.25) is 14.2 Å². The Kier molecular flexibility index (Phi) is 5.10. The molecule has 0 saturated carbocycles. The monoisotopic (exact) mass is 498 g/mol. The zero-order chi connectivity index (χ0) is 20.7. The van der Waals surface area contributed by atoms with Gasteiger partial charge in [0, 0.05) is 15.8 Å². The van der Waals surface area contributed by atoms with Crippen LogP contribution in [0.4, 0.5) is 0 Å². The normalized spacial score (nSPS) is 16.2. The van der Waals surface area contributed by atoms with Gasteiger partial charge in [0.05, 0.1) is 33.9 Å². The van der Waals surface area contributed by atoms with Crippen LogP contribution in [0.5, 0.6) is 0 Å². The van der Waals surface area contributed by atoms with Gasteiger partial charge in [-0.05, 0) is 41.1 Å². The van der Waals surface area contributed by atoms with Crippen LogP contribution in [0.1, 0.15) is 22.2 Å². The zero-order valence-corrected chi connectivity index (χ0v) is 18.8. The fourth-order valence-electron chi connectivity index (χ4n) is 3.50. The maximum atomic E-state index is 13.2. The largest absolute Gasteiger partial charge is 0.289 e. The SMILES string of the molecule is O=C(Cn1cnc2ccc(Br)cc2c1=O)N1N=C(c2cccs2)C[C@@H]1c1cccs1. The van der Waals surface area contributed by atoms with E-state index in [0.717, 1.165) is 19.9 Å². The number of hydrogen-bond donors (Lipinski definition) is 0. The smallest absolute Gasteiger partial charge is 0.263 e. The summed E-state index contributed by atoms with van der Waals surface area (Å²) in [6, 6.07) is 13.2. The summed E-state index contributed by atoms with van der Waals surface area (Å²) < 4.78 is 2.14. The molecule has 0 aliphatic carbocycles. The average Bonchev–Trinajstić information content (AvgIpc) is 3.50. The number of aromatic nitrogens is 2. The number of hydrazone groups is 1. The summed E-state index contributed by atoms with van der Waals surface area (Å²) >= 11 is 6.60. The molecule has 0 spiro atoms. The van der Waals surface area contributed by atoms with Gasteiger partial charge in [-0.1, -0.05) is 28.1 Å². The van der Waals surface area contributed by atoms with Crippen molar-refractivity contribution in [2.45, 2.75) is 19.0 Å². The lowest BCUT2D eigenvalue weighted by Gasteiger charge is -2.21. The molecule has 1 amide bonds. The highest BCUT2D eigenvalue weighted by atomic mass is 79.9. The summed E-state index contributed by atoms with van der Waals surface area (Å²) in [5, 5.41) is 10.6. The highest BCUT2D eigenvalue weighted by Gasteiger charge is 2.34. The zero-order valence-electron chi connectivity index (χ0n) is 15.6. The Labute approximate surface area is 188 Å². The molecular weight excluding hydrogens is 484 g/mol. The predicted molar refractivity (Wildman–Crippen MR) is 123 cm³/mol. The molecule has 0 saturated heterocycles. The molecular formula is C21H15BrN4O2S2. The van der Waals surface area contributed by atoms with Crippen LogP contribution in [0.15, 0.2) is 73.9 Å². The first-order chi connectivity index (χ1) is 14.6. The molecule has 6 nitrogen and oxygen atoms in total. The number of amides is 1. The van der Waals surface area contributed by atoms with Crippen molar-refractivity contribution in [3.63, 3.8) is 0 Å². The first kappa shape index (κ1) is 19.3. The number of thiophene rings is 2. The summed E-state index contributed by atoms with van der Waals surface area (Å²) in [4.78, 5) is 32.6. The number of rotatable bonds is 4. The van der Waals surface area contributed by atoms with Crippen LogP contribution in [-0.2, 0) is 11.3 Å². The molecule has 0 unspecified atom stereocenters. The van der Waals surface area contributed by atoms with Gasteiger partial charge in [0.2, 0.25) is 0 Å². The van der Waals surface area contributed by atoms with Crippen molar-refractivity contribution in [3.05, 3.63) is 84.1 Å². The first-order valence-corrected chi connectivity index (χ1v) is 11.8. The van der Waals surface area contributed by atoms with Crippen molar-refractivity contribution in [2.24, 2.45) is 5.10 Å². The summed E-state index contributed by atoms with van der Waals surface area (Å²) in [7, 11) is 0. The third-order valence-electron chi connectivity index (χ3n) is 4.93. The number of carbonyl (C=O) groups excluding carboxylic acids is 1. The minimum Gasteiger partial charge on any atom is -0.289 e. The molecule has 4 heterocycles. The quantitative estimate of drug-likeness (QED) is 0.410. The van der Waals surface area contributed by atoms with Crippen molar-refractivity contribution >= 4 is 61.1 Å². The molecule has 0 radical (unpaired) electrons. The molecule has 4 aromatic rings. The van der Waals surface area contributed by atoms with Gasteiger partial charge in [-0.25, -0.2) is 9.99 Å². The van der Waals surface area contributed by atoms with Crippen molar-refractivity contribution in [1.82, 2.24) is 14.6 Å². The van der Waals surface area contributed by atoms with Crippen LogP contribution >= 0.6 is 38.6 Å². The fraction of sp³-hybridized carbons (Fsp3) is 0.143. The van der Waals surface area contributed by atoms with Crippen molar-refractivity contribution in [1.29, 1.82) is 0 Å². The van der Waals surface area contributed by atoms with E-state index >= 15 is 0 Å². The number of carbonyl (C=O) groups is 1. The molecule has 150 valence electrons. The molecule has 1 atom stereocenters. The lowest BCUT2D eigenvalue weighted by molar-refractivity contribution is -0.133. The van der Waals surface area contributed by atoms with Crippen molar-refractivity contribution in [3.8, 4) is 0 Å². The van der Waals surface area contributed by atoms with E-state index in [-0.39, 0.29) is 24.1 Å². The number of halogens is 1. The first-order valence-electron chi connectivity index (χ1n) is 9.21. The maximum absolute atomic E-state index is 13.2. The molecule has 0 N–H and O–H groups in total. The Hall–Kier alpha value is -2.62. The predicted octanol–water partition coefficient (Wildman–Crippen LogP) is 4.66. The summed E-state index contributed by atoms with van der Waals surface area (Å²) in [5.41, 5.74) is 1.25. The topological polar surface area (TPSA) is 67.6 Å². The third kappa shape index (κ3) is 3.53. The van der Waals surface area contributed by atoms with Gasteiger partial charge in [-0.2, -0.15) is 5.10 Å². The average molecular weight is 499 g/mol. The molecule has 9 heteroatoms. The van der Waals surface area contributed by atoms with Crippen LogP contribution in [0.2, 0.25) is 0 Å². The second-order valence-electron chi connectivity index (χ2n) is 6.84. The van der Waals surface area contributed by atoms with Crippen LogP contribution < -0.4 is 5.56 Å². The van der Waals surface area contributed by atoms with E-state index in [1.54, 1.807) is 34.8 Å². The van der Waals surface area contributed by atoms with Gasteiger partial charge in [0.1, 0.15) is 6.54 Å². The second kappa shape index (κ2) is 7.90. The van der Waals surface area contributed by atoms with Crippen LogP contribution in [0.25, 0.3) is 10.9 Å². The molecule has 1 aromatic carbocycles. The lowest BCUT2D eigenvalue weighted by Crippen LogP contribution is -2.33. The van der Waals surface area contributed by atoms with Crippen LogP contribution in [0.3, 0.4) is 0 Å². The Morgan fingerprint density at radius 2 is 2.00 bits per heavy atom. The summed E-state index contributed by atoms with van der Waals surface area (Å²) in [5.74, 6) is -0.238. The van der Waals surface area contributed by atoms with Crippen LogP contribution in [-0.4, -0.2) is 26.2 Å². The number of benzene rings is 1. The highest BCUT2D eigenvalue weighted by molar-refractivity contribution is 9.10.